The second-order valence-corrected chi connectivity index (χ2v) is 4.67. The maximum Gasteiger partial charge on any atom is 0.220 e. The van der Waals surface area contributed by atoms with Gasteiger partial charge >= 0.3 is 0 Å². The van der Waals surface area contributed by atoms with E-state index in [4.69, 9.17) is 4.74 Å². The van der Waals surface area contributed by atoms with E-state index < -0.39 is 0 Å². The predicted octanol–water partition coefficient (Wildman–Crippen LogP) is 3.13. The van der Waals surface area contributed by atoms with Crippen molar-refractivity contribution in [2.24, 2.45) is 0 Å². The molecule has 0 aliphatic rings. The van der Waals surface area contributed by atoms with Gasteiger partial charge in [-0.2, -0.15) is 0 Å². The number of hydrogen-bond donors (Lipinski definition) is 1. The molecular formula is C13H18BrNO2. The molecule has 17 heavy (non-hydrogen) atoms. The zero-order valence-electron chi connectivity index (χ0n) is 10.0. The van der Waals surface area contributed by atoms with Crippen molar-refractivity contribution in [1.82, 2.24) is 5.32 Å². The van der Waals surface area contributed by atoms with E-state index in [0.717, 1.165) is 29.6 Å². The molecular weight excluding hydrogens is 282 g/mol. The van der Waals surface area contributed by atoms with Crippen molar-refractivity contribution >= 4 is 21.8 Å². The Morgan fingerprint density at radius 1 is 1.35 bits per heavy atom. The first-order valence-electron chi connectivity index (χ1n) is 5.87. The lowest BCUT2D eigenvalue weighted by molar-refractivity contribution is -0.121. The zero-order chi connectivity index (χ0) is 12.5. The van der Waals surface area contributed by atoms with E-state index in [9.17, 15) is 4.79 Å². The highest BCUT2D eigenvalue weighted by Crippen LogP contribution is 2.16. The first-order valence-corrected chi connectivity index (χ1v) is 6.66. The molecule has 1 amide bonds. The monoisotopic (exact) mass is 299 g/mol. The number of carbonyl (C=O) groups excluding carboxylic acids is 1. The summed E-state index contributed by atoms with van der Waals surface area (Å²) in [6.07, 6.45) is 2.24. The smallest absolute Gasteiger partial charge is 0.220 e. The normalized spacial score (nSPS) is 10.0. The van der Waals surface area contributed by atoms with Crippen molar-refractivity contribution in [1.29, 1.82) is 0 Å². The summed E-state index contributed by atoms with van der Waals surface area (Å²) in [4.78, 5) is 11.3. The number of ether oxygens (including phenoxy) is 1. The number of hydrogen-bond acceptors (Lipinski definition) is 2. The summed E-state index contributed by atoms with van der Waals surface area (Å²) in [5.41, 5.74) is 0. The Kier molecular flexibility index (Phi) is 6.70. The van der Waals surface area contributed by atoms with Crippen LogP contribution < -0.4 is 10.1 Å². The van der Waals surface area contributed by atoms with Crippen LogP contribution in [0.15, 0.2) is 28.7 Å². The maximum atomic E-state index is 11.3. The summed E-state index contributed by atoms with van der Waals surface area (Å²) >= 11 is 3.36. The molecule has 0 spiro atoms. The van der Waals surface area contributed by atoms with Gasteiger partial charge in [0.2, 0.25) is 5.91 Å². The topological polar surface area (TPSA) is 38.3 Å². The summed E-state index contributed by atoms with van der Waals surface area (Å²) in [5.74, 6) is 0.938. The Labute approximate surface area is 111 Å². The van der Waals surface area contributed by atoms with Gasteiger partial charge in [0.15, 0.2) is 0 Å². The molecule has 1 N–H and O–H groups in total. The average Bonchev–Trinajstić information content (AvgIpc) is 2.34. The second-order valence-electron chi connectivity index (χ2n) is 3.76. The van der Waals surface area contributed by atoms with Crippen LogP contribution in [-0.2, 0) is 4.79 Å². The van der Waals surface area contributed by atoms with E-state index in [0.29, 0.717) is 13.0 Å². The van der Waals surface area contributed by atoms with Crippen LogP contribution in [0.5, 0.6) is 5.75 Å². The third-order valence-electron chi connectivity index (χ3n) is 2.20. The zero-order valence-corrected chi connectivity index (χ0v) is 11.6. The maximum absolute atomic E-state index is 11.3. The molecule has 0 radical (unpaired) electrons. The van der Waals surface area contributed by atoms with Crippen molar-refractivity contribution in [3.05, 3.63) is 28.7 Å². The lowest BCUT2D eigenvalue weighted by Crippen LogP contribution is -2.24. The summed E-state index contributed by atoms with van der Waals surface area (Å²) in [6.45, 7) is 3.37. The van der Waals surface area contributed by atoms with Gasteiger partial charge in [-0.05, 0) is 37.1 Å². The van der Waals surface area contributed by atoms with Gasteiger partial charge in [0, 0.05) is 17.4 Å². The SMILES string of the molecule is CCCNC(=O)CCCOc1ccc(Br)cc1. The molecule has 0 saturated heterocycles. The highest BCUT2D eigenvalue weighted by atomic mass is 79.9. The molecule has 0 heterocycles. The molecule has 0 bridgehead atoms. The van der Waals surface area contributed by atoms with E-state index in [1.165, 1.54) is 0 Å². The lowest BCUT2D eigenvalue weighted by atomic mass is 10.3. The Hall–Kier alpha value is -1.03. The van der Waals surface area contributed by atoms with Crippen molar-refractivity contribution in [3.8, 4) is 5.75 Å². The van der Waals surface area contributed by atoms with E-state index in [2.05, 4.69) is 21.2 Å². The Morgan fingerprint density at radius 3 is 2.71 bits per heavy atom. The van der Waals surface area contributed by atoms with Crippen LogP contribution in [0.25, 0.3) is 0 Å². The quantitative estimate of drug-likeness (QED) is 0.786. The largest absolute Gasteiger partial charge is 0.494 e. The molecule has 1 rings (SSSR count). The van der Waals surface area contributed by atoms with E-state index >= 15 is 0 Å². The van der Waals surface area contributed by atoms with Gasteiger partial charge < -0.3 is 10.1 Å². The first kappa shape index (κ1) is 14.0. The molecule has 94 valence electrons. The van der Waals surface area contributed by atoms with Gasteiger partial charge in [-0.1, -0.05) is 22.9 Å². The van der Waals surface area contributed by atoms with Crippen molar-refractivity contribution < 1.29 is 9.53 Å². The molecule has 4 heteroatoms. The number of amides is 1. The molecule has 0 aliphatic heterocycles. The minimum Gasteiger partial charge on any atom is -0.494 e. The van der Waals surface area contributed by atoms with Crippen LogP contribution in [0.4, 0.5) is 0 Å². The minimum absolute atomic E-state index is 0.103. The van der Waals surface area contributed by atoms with Crippen LogP contribution in [0.1, 0.15) is 26.2 Å². The Balaban J connectivity index is 2.11. The summed E-state index contributed by atoms with van der Waals surface area (Å²) in [6, 6.07) is 7.68. The van der Waals surface area contributed by atoms with Gasteiger partial charge in [0.05, 0.1) is 6.61 Å². The first-order chi connectivity index (χ1) is 8.22. The van der Waals surface area contributed by atoms with Crippen LogP contribution in [0.2, 0.25) is 0 Å². The van der Waals surface area contributed by atoms with E-state index in [1.807, 2.05) is 31.2 Å². The molecule has 0 aliphatic carbocycles. The molecule has 1 aromatic rings. The van der Waals surface area contributed by atoms with Crippen LogP contribution in [0.3, 0.4) is 0 Å². The molecule has 1 aromatic carbocycles. The fourth-order valence-electron chi connectivity index (χ4n) is 1.31. The summed E-state index contributed by atoms with van der Waals surface area (Å²) < 4.78 is 6.55. The average molecular weight is 300 g/mol. The van der Waals surface area contributed by atoms with Gasteiger partial charge in [0.1, 0.15) is 5.75 Å². The van der Waals surface area contributed by atoms with Gasteiger partial charge in [-0.3, -0.25) is 4.79 Å². The highest BCUT2D eigenvalue weighted by molar-refractivity contribution is 9.10. The third-order valence-corrected chi connectivity index (χ3v) is 2.73. The second kappa shape index (κ2) is 8.12. The number of benzene rings is 1. The summed E-state index contributed by atoms with van der Waals surface area (Å²) in [7, 11) is 0. The standard InChI is InChI=1S/C13H18BrNO2/c1-2-9-15-13(16)4-3-10-17-12-7-5-11(14)6-8-12/h5-8H,2-4,9-10H2,1H3,(H,15,16). The Bertz CT molecular complexity index is 338. The van der Waals surface area contributed by atoms with Crippen molar-refractivity contribution in [3.63, 3.8) is 0 Å². The predicted molar refractivity (Wildman–Crippen MR) is 72.2 cm³/mol. The highest BCUT2D eigenvalue weighted by Gasteiger charge is 2.00. The van der Waals surface area contributed by atoms with Gasteiger partial charge in [-0.25, -0.2) is 0 Å². The van der Waals surface area contributed by atoms with Crippen molar-refractivity contribution in [2.75, 3.05) is 13.2 Å². The van der Waals surface area contributed by atoms with Crippen LogP contribution in [-0.4, -0.2) is 19.1 Å². The summed E-state index contributed by atoms with van der Waals surface area (Å²) in [5, 5.41) is 2.84. The van der Waals surface area contributed by atoms with Crippen LogP contribution >= 0.6 is 15.9 Å². The molecule has 0 fully saturated rings. The fourth-order valence-corrected chi connectivity index (χ4v) is 1.57. The molecule has 0 saturated carbocycles. The van der Waals surface area contributed by atoms with Gasteiger partial charge in [0.25, 0.3) is 0 Å². The fraction of sp³-hybridized carbons (Fsp3) is 0.462. The third kappa shape index (κ3) is 6.31. The molecule has 3 nitrogen and oxygen atoms in total. The molecule has 0 atom stereocenters. The molecule has 0 unspecified atom stereocenters. The van der Waals surface area contributed by atoms with E-state index in [-0.39, 0.29) is 5.91 Å². The Morgan fingerprint density at radius 2 is 2.06 bits per heavy atom. The van der Waals surface area contributed by atoms with E-state index in [1.54, 1.807) is 0 Å². The van der Waals surface area contributed by atoms with Gasteiger partial charge in [-0.15, -0.1) is 0 Å². The van der Waals surface area contributed by atoms with Crippen molar-refractivity contribution in [2.45, 2.75) is 26.2 Å². The lowest BCUT2D eigenvalue weighted by Gasteiger charge is -2.06. The number of rotatable bonds is 7. The minimum atomic E-state index is 0.103. The molecule has 0 aromatic heterocycles. The number of halogens is 1. The van der Waals surface area contributed by atoms with Crippen LogP contribution in [0, 0.1) is 0 Å². The number of carbonyl (C=O) groups is 1. The number of nitrogens with one attached hydrogen (secondary N) is 1.